The van der Waals surface area contributed by atoms with Gasteiger partial charge in [-0.1, -0.05) is 0 Å². The molecule has 1 fully saturated rings. The van der Waals surface area contributed by atoms with Gasteiger partial charge in [0.2, 0.25) is 0 Å². The molecule has 1 amide bonds. The molecule has 1 saturated heterocycles. The monoisotopic (exact) mass is 343 g/mol. The van der Waals surface area contributed by atoms with Crippen molar-refractivity contribution < 1.29 is 14.7 Å². The van der Waals surface area contributed by atoms with Crippen LogP contribution in [-0.4, -0.2) is 61.2 Å². The van der Waals surface area contributed by atoms with Crippen molar-refractivity contribution in [2.45, 2.75) is 0 Å². The molecule has 25 heavy (non-hydrogen) atoms. The highest BCUT2D eigenvalue weighted by molar-refractivity contribution is 6.06. The van der Waals surface area contributed by atoms with E-state index in [4.69, 9.17) is 10.4 Å². The SMILES string of the molecule is N#C/C(=C/NCCN1CCNCC1)C(=O)Nc1ccc(C(=O)O)cc1. The fourth-order valence-corrected chi connectivity index (χ4v) is 2.37. The quantitative estimate of drug-likeness (QED) is 0.318. The summed E-state index contributed by atoms with van der Waals surface area (Å²) >= 11 is 0. The Morgan fingerprint density at radius 1 is 1.28 bits per heavy atom. The number of nitriles is 1. The van der Waals surface area contributed by atoms with Crippen LogP contribution in [0.4, 0.5) is 5.69 Å². The van der Waals surface area contributed by atoms with Gasteiger partial charge in [0.15, 0.2) is 0 Å². The summed E-state index contributed by atoms with van der Waals surface area (Å²) in [5.41, 5.74) is 0.517. The van der Waals surface area contributed by atoms with Crippen LogP contribution in [0.3, 0.4) is 0 Å². The summed E-state index contributed by atoms with van der Waals surface area (Å²) in [5.74, 6) is -1.58. The summed E-state index contributed by atoms with van der Waals surface area (Å²) in [6.45, 7) is 5.41. The minimum Gasteiger partial charge on any atom is -0.478 e. The van der Waals surface area contributed by atoms with Gasteiger partial charge >= 0.3 is 5.97 Å². The van der Waals surface area contributed by atoms with Gasteiger partial charge in [0.05, 0.1) is 5.56 Å². The summed E-state index contributed by atoms with van der Waals surface area (Å²) in [7, 11) is 0. The second-order valence-corrected chi connectivity index (χ2v) is 5.55. The van der Waals surface area contributed by atoms with E-state index in [0.29, 0.717) is 12.2 Å². The number of benzene rings is 1. The van der Waals surface area contributed by atoms with Crippen molar-refractivity contribution in [1.82, 2.24) is 15.5 Å². The molecule has 0 aliphatic carbocycles. The average molecular weight is 343 g/mol. The molecule has 0 bridgehead atoms. The van der Waals surface area contributed by atoms with E-state index in [9.17, 15) is 9.59 Å². The predicted octanol–water partition coefficient (Wildman–Crippen LogP) is 0.226. The molecule has 0 aromatic heterocycles. The largest absolute Gasteiger partial charge is 0.478 e. The molecule has 132 valence electrons. The van der Waals surface area contributed by atoms with E-state index in [-0.39, 0.29) is 11.1 Å². The number of carboxylic acids is 1. The molecule has 1 aromatic carbocycles. The van der Waals surface area contributed by atoms with E-state index in [1.807, 2.05) is 6.07 Å². The highest BCUT2D eigenvalue weighted by atomic mass is 16.4. The number of aromatic carboxylic acids is 1. The van der Waals surface area contributed by atoms with Gasteiger partial charge in [-0.3, -0.25) is 9.69 Å². The van der Waals surface area contributed by atoms with Gasteiger partial charge in [0.25, 0.3) is 5.91 Å². The Morgan fingerprint density at radius 2 is 1.96 bits per heavy atom. The van der Waals surface area contributed by atoms with Gasteiger partial charge in [-0.05, 0) is 24.3 Å². The topological polar surface area (TPSA) is 117 Å². The van der Waals surface area contributed by atoms with E-state index in [1.165, 1.54) is 30.5 Å². The van der Waals surface area contributed by atoms with Crippen molar-refractivity contribution >= 4 is 17.6 Å². The van der Waals surface area contributed by atoms with Crippen LogP contribution in [0.2, 0.25) is 0 Å². The lowest BCUT2D eigenvalue weighted by Gasteiger charge is -2.26. The minimum atomic E-state index is -1.04. The van der Waals surface area contributed by atoms with Crippen molar-refractivity contribution in [1.29, 1.82) is 5.26 Å². The van der Waals surface area contributed by atoms with Gasteiger partial charge in [-0.15, -0.1) is 0 Å². The van der Waals surface area contributed by atoms with Gasteiger partial charge in [-0.25, -0.2) is 4.79 Å². The second kappa shape index (κ2) is 9.42. The lowest BCUT2D eigenvalue weighted by molar-refractivity contribution is -0.112. The minimum absolute atomic E-state index is 0.0392. The highest BCUT2D eigenvalue weighted by Gasteiger charge is 2.11. The third-order valence-corrected chi connectivity index (χ3v) is 3.78. The van der Waals surface area contributed by atoms with Crippen LogP contribution in [0.25, 0.3) is 0 Å². The molecule has 4 N–H and O–H groups in total. The predicted molar refractivity (Wildman–Crippen MR) is 93.0 cm³/mol. The Morgan fingerprint density at radius 3 is 2.56 bits per heavy atom. The maximum Gasteiger partial charge on any atom is 0.335 e. The molecule has 0 unspecified atom stereocenters. The van der Waals surface area contributed by atoms with Crippen molar-refractivity contribution in [2.75, 3.05) is 44.6 Å². The van der Waals surface area contributed by atoms with E-state index in [2.05, 4.69) is 20.9 Å². The molecule has 0 spiro atoms. The molecule has 1 aliphatic rings. The Balaban J connectivity index is 1.82. The van der Waals surface area contributed by atoms with Crippen LogP contribution in [0, 0.1) is 11.3 Å². The maximum absolute atomic E-state index is 12.1. The number of nitrogens with one attached hydrogen (secondary N) is 3. The smallest absolute Gasteiger partial charge is 0.335 e. The van der Waals surface area contributed by atoms with Crippen molar-refractivity contribution in [3.8, 4) is 6.07 Å². The zero-order chi connectivity index (χ0) is 18.1. The Bertz CT molecular complexity index is 673. The Hall–Kier alpha value is -2.89. The Labute approximate surface area is 146 Å². The Kier molecular flexibility index (Phi) is 6.95. The van der Waals surface area contributed by atoms with Gasteiger partial charge in [0.1, 0.15) is 11.6 Å². The molecule has 1 aromatic rings. The first-order valence-electron chi connectivity index (χ1n) is 8.01. The molecule has 0 atom stereocenters. The molecule has 8 heteroatoms. The first-order valence-corrected chi connectivity index (χ1v) is 8.01. The van der Waals surface area contributed by atoms with E-state index in [0.717, 1.165) is 32.7 Å². The molecule has 0 saturated carbocycles. The summed E-state index contributed by atoms with van der Waals surface area (Å²) in [4.78, 5) is 25.2. The summed E-state index contributed by atoms with van der Waals surface area (Å²) in [6.07, 6.45) is 1.41. The number of piperazine rings is 1. The number of carbonyl (C=O) groups is 2. The molecular weight excluding hydrogens is 322 g/mol. The average Bonchev–Trinajstić information content (AvgIpc) is 2.63. The lowest BCUT2D eigenvalue weighted by atomic mass is 10.2. The molecule has 1 heterocycles. The molecular formula is C17H21N5O3. The summed E-state index contributed by atoms with van der Waals surface area (Å²) in [5, 5.41) is 26.8. The zero-order valence-corrected chi connectivity index (χ0v) is 13.8. The number of anilines is 1. The van der Waals surface area contributed by atoms with Crippen LogP contribution < -0.4 is 16.0 Å². The summed E-state index contributed by atoms with van der Waals surface area (Å²) in [6, 6.07) is 7.60. The molecule has 2 rings (SSSR count). The number of carbonyl (C=O) groups excluding carboxylic acids is 1. The van der Waals surface area contributed by atoms with Crippen LogP contribution >= 0.6 is 0 Å². The molecule has 0 radical (unpaired) electrons. The molecule has 8 nitrogen and oxygen atoms in total. The van der Waals surface area contributed by atoms with E-state index >= 15 is 0 Å². The van der Waals surface area contributed by atoms with Crippen LogP contribution in [0.5, 0.6) is 0 Å². The standard InChI is InChI=1S/C17H21N5O3/c18-11-14(12-20-7-10-22-8-5-19-6-9-22)16(23)21-15-3-1-13(2-4-15)17(24)25/h1-4,12,19-20H,5-10H2,(H,21,23)(H,24,25)/b14-12-. The number of nitrogens with zero attached hydrogens (tertiary/aromatic N) is 2. The second-order valence-electron chi connectivity index (χ2n) is 5.55. The number of hydrogen-bond donors (Lipinski definition) is 4. The number of carboxylic acid groups (broad SMARTS) is 1. The third kappa shape index (κ3) is 5.91. The van der Waals surface area contributed by atoms with Crippen molar-refractivity contribution in [3.63, 3.8) is 0 Å². The number of hydrogen-bond acceptors (Lipinski definition) is 6. The first kappa shape index (κ1) is 18.4. The molecule has 1 aliphatic heterocycles. The van der Waals surface area contributed by atoms with Gasteiger partial charge in [-0.2, -0.15) is 5.26 Å². The highest BCUT2D eigenvalue weighted by Crippen LogP contribution is 2.10. The number of rotatable bonds is 7. The third-order valence-electron chi connectivity index (χ3n) is 3.78. The van der Waals surface area contributed by atoms with Crippen molar-refractivity contribution in [3.05, 3.63) is 41.6 Å². The summed E-state index contributed by atoms with van der Waals surface area (Å²) < 4.78 is 0. The maximum atomic E-state index is 12.1. The van der Waals surface area contributed by atoms with Crippen LogP contribution in [0.15, 0.2) is 36.0 Å². The zero-order valence-electron chi connectivity index (χ0n) is 13.8. The lowest BCUT2D eigenvalue weighted by Crippen LogP contribution is -2.45. The van der Waals surface area contributed by atoms with E-state index in [1.54, 1.807) is 0 Å². The van der Waals surface area contributed by atoms with E-state index < -0.39 is 11.9 Å². The fourth-order valence-electron chi connectivity index (χ4n) is 2.37. The van der Waals surface area contributed by atoms with Crippen molar-refractivity contribution in [2.24, 2.45) is 0 Å². The van der Waals surface area contributed by atoms with Gasteiger partial charge < -0.3 is 21.1 Å². The van der Waals surface area contributed by atoms with Crippen LogP contribution in [-0.2, 0) is 4.79 Å². The van der Waals surface area contributed by atoms with Crippen LogP contribution in [0.1, 0.15) is 10.4 Å². The normalized spacial score (nSPS) is 15.2. The first-order chi connectivity index (χ1) is 12.1. The van der Waals surface area contributed by atoms with Gasteiger partial charge in [0, 0.05) is 51.2 Å². The fraction of sp³-hybridized carbons (Fsp3) is 0.353. The number of amides is 1.